The zero-order valence-corrected chi connectivity index (χ0v) is 10.4. The number of rotatable bonds is 4. The van der Waals surface area contributed by atoms with Crippen LogP contribution in [0.1, 0.15) is 26.7 Å². The Morgan fingerprint density at radius 3 is 2.00 bits per heavy atom. The number of hydrogen-bond donors (Lipinski definition) is 0. The van der Waals surface area contributed by atoms with Crippen molar-refractivity contribution in [2.45, 2.75) is 43.7 Å². The van der Waals surface area contributed by atoms with E-state index in [-0.39, 0.29) is 12.1 Å². The molecule has 1 aromatic carbocycles. The molecule has 4 heteroatoms. The van der Waals surface area contributed by atoms with Crippen LogP contribution in [0, 0.1) is 0 Å². The molecule has 1 saturated heterocycles. The van der Waals surface area contributed by atoms with Crippen molar-refractivity contribution in [1.82, 2.24) is 4.31 Å². The third-order valence-corrected chi connectivity index (χ3v) is 5.13. The van der Waals surface area contributed by atoms with Gasteiger partial charge in [-0.1, -0.05) is 32.0 Å². The molecule has 1 heterocycles. The molecule has 3 nitrogen and oxygen atoms in total. The summed E-state index contributed by atoms with van der Waals surface area (Å²) in [7, 11) is -3.25. The molecule has 0 aliphatic carbocycles. The summed E-state index contributed by atoms with van der Waals surface area (Å²) in [6, 6.07) is 9.08. The Hall–Kier alpha value is -0.870. The summed E-state index contributed by atoms with van der Waals surface area (Å²) in [5.74, 6) is 0. The van der Waals surface area contributed by atoms with Crippen molar-refractivity contribution in [3.05, 3.63) is 30.3 Å². The van der Waals surface area contributed by atoms with Crippen molar-refractivity contribution >= 4 is 10.0 Å². The zero-order chi connectivity index (χ0) is 11.8. The smallest absolute Gasteiger partial charge is 0.207 e. The van der Waals surface area contributed by atoms with Crippen LogP contribution in [-0.4, -0.2) is 24.8 Å². The highest BCUT2D eigenvalue weighted by molar-refractivity contribution is 7.89. The predicted octanol–water partition coefficient (Wildman–Crippen LogP) is 2.25. The molecule has 2 atom stereocenters. The van der Waals surface area contributed by atoms with Crippen LogP contribution in [0.2, 0.25) is 0 Å². The Bertz CT molecular complexity index is 445. The van der Waals surface area contributed by atoms with Gasteiger partial charge in [0.15, 0.2) is 0 Å². The van der Waals surface area contributed by atoms with Crippen LogP contribution in [0.3, 0.4) is 0 Å². The summed E-state index contributed by atoms with van der Waals surface area (Å²) < 4.78 is 26.2. The van der Waals surface area contributed by atoms with Gasteiger partial charge in [-0.3, -0.25) is 0 Å². The molecule has 0 radical (unpaired) electrons. The van der Waals surface area contributed by atoms with Gasteiger partial charge < -0.3 is 0 Å². The number of nitrogens with zero attached hydrogens (tertiary/aromatic N) is 1. The van der Waals surface area contributed by atoms with Gasteiger partial charge in [-0.2, -0.15) is 4.31 Å². The molecule has 0 N–H and O–H groups in total. The van der Waals surface area contributed by atoms with Crippen molar-refractivity contribution in [1.29, 1.82) is 0 Å². The molecule has 2 rings (SSSR count). The molecule has 1 aromatic rings. The Balaban J connectivity index is 2.29. The highest BCUT2D eigenvalue weighted by Gasteiger charge is 2.52. The average Bonchev–Trinajstić information content (AvgIpc) is 3.04. The van der Waals surface area contributed by atoms with Crippen LogP contribution in [0.5, 0.6) is 0 Å². The molecule has 0 amide bonds. The monoisotopic (exact) mass is 239 g/mol. The van der Waals surface area contributed by atoms with Gasteiger partial charge in [-0.15, -0.1) is 0 Å². The van der Waals surface area contributed by atoms with Crippen LogP contribution in [0.15, 0.2) is 35.2 Å². The van der Waals surface area contributed by atoms with Crippen LogP contribution in [0.4, 0.5) is 0 Å². The summed E-state index contributed by atoms with van der Waals surface area (Å²) in [5, 5.41) is 0. The third kappa shape index (κ3) is 1.76. The number of benzene rings is 1. The normalized spacial score (nSPS) is 29.0. The first-order chi connectivity index (χ1) is 7.62. The minimum absolute atomic E-state index is 0.204. The molecule has 1 aliphatic heterocycles. The van der Waals surface area contributed by atoms with E-state index >= 15 is 0 Å². The van der Waals surface area contributed by atoms with E-state index in [1.807, 2.05) is 19.9 Å². The van der Waals surface area contributed by atoms with Gasteiger partial charge in [0.2, 0.25) is 10.0 Å². The SMILES string of the molecule is CCC1C(CC)N1S(=O)(=O)c1ccccc1. The van der Waals surface area contributed by atoms with E-state index in [4.69, 9.17) is 0 Å². The summed E-state index contributed by atoms with van der Waals surface area (Å²) in [6.07, 6.45) is 1.79. The molecule has 0 aromatic heterocycles. The molecule has 2 unspecified atom stereocenters. The third-order valence-electron chi connectivity index (χ3n) is 3.16. The van der Waals surface area contributed by atoms with Crippen molar-refractivity contribution < 1.29 is 8.42 Å². The first kappa shape index (κ1) is 11.6. The van der Waals surface area contributed by atoms with Gasteiger partial charge in [0.1, 0.15) is 0 Å². The van der Waals surface area contributed by atoms with E-state index in [1.54, 1.807) is 28.6 Å². The lowest BCUT2D eigenvalue weighted by molar-refractivity contribution is 0.541. The Morgan fingerprint density at radius 1 is 1.06 bits per heavy atom. The zero-order valence-electron chi connectivity index (χ0n) is 9.63. The Kier molecular flexibility index (Phi) is 3.04. The van der Waals surface area contributed by atoms with E-state index in [2.05, 4.69) is 0 Å². The molecule has 88 valence electrons. The minimum atomic E-state index is -3.25. The molecule has 0 spiro atoms. The second kappa shape index (κ2) is 4.18. The van der Waals surface area contributed by atoms with Crippen molar-refractivity contribution in [3.63, 3.8) is 0 Å². The average molecular weight is 239 g/mol. The van der Waals surface area contributed by atoms with Gasteiger partial charge in [-0.05, 0) is 25.0 Å². The largest absolute Gasteiger partial charge is 0.243 e. The lowest BCUT2D eigenvalue weighted by Crippen LogP contribution is -2.15. The van der Waals surface area contributed by atoms with Gasteiger partial charge in [0.05, 0.1) is 4.90 Å². The highest BCUT2D eigenvalue weighted by Crippen LogP contribution is 2.39. The summed E-state index contributed by atoms with van der Waals surface area (Å²) in [6.45, 7) is 4.07. The predicted molar refractivity (Wildman–Crippen MR) is 63.6 cm³/mol. The molecule has 0 bridgehead atoms. The van der Waals surface area contributed by atoms with Crippen molar-refractivity contribution in [3.8, 4) is 0 Å². The van der Waals surface area contributed by atoms with Crippen LogP contribution in [-0.2, 0) is 10.0 Å². The summed E-state index contributed by atoms with van der Waals surface area (Å²) >= 11 is 0. The molecular formula is C12H17NO2S. The lowest BCUT2D eigenvalue weighted by atomic mass is 10.2. The maximum absolute atomic E-state index is 12.3. The molecule has 1 aliphatic rings. The van der Waals surface area contributed by atoms with Gasteiger partial charge in [0, 0.05) is 12.1 Å². The summed E-state index contributed by atoms with van der Waals surface area (Å²) in [4.78, 5) is 0.407. The fourth-order valence-corrected chi connectivity index (χ4v) is 4.27. The number of hydrogen-bond acceptors (Lipinski definition) is 2. The van der Waals surface area contributed by atoms with E-state index < -0.39 is 10.0 Å². The van der Waals surface area contributed by atoms with Crippen LogP contribution < -0.4 is 0 Å². The minimum Gasteiger partial charge on any atom is -0.207 e. The maximum Gasteiger partial charge on any atom is 0.243 e. The van der Waals surface area contributed by atoms with E-state index in [0.29, 0.717) is 4.90 Å². The standard InChI is InChI=1S/C12H17NO2S/c1-3-11-12(4-2)13(11)16(14,15)10-8-6-5-7-9-10/h5-9,11-12H,3-4H2,1-2H3. The van der Waals surface area contributed by atoms with E-state index in [0.717, 1.165) is 12.8 Å². The quantitative estimate of drug-likeness (QED) is 0.756. The van der Waals surface area contributed by atoms with Crippen LogP contribution >= 0.6 is 0 Å². The Labute approximate surface area is 97.1 Å². The van der Waals surface area contributed by atoms with Crippen LogP contribution in [0.25, 0.3) is 0 Å². The topological polar surface area (TPSA) is 37.1 Å². The Morgan fingerprint density at radius 2 is 1.56 bits per heavy atom. The van der Waals surface area contributed by atoms with Gasteiger partial charge in [-0.25, -0.2) is 8.42 Å². The molecule has 0 saturated carbocycles. The second-order valence-electron chi connectivity index (χ2n) is 4.10. The second-order valence-corrected chi connectivity index (χ2v) is 5.94. The fourth-order valence-electron chi connectivity index (χ4n) is 2.28. The molecule has 16 heavy (non-hydrogen) atoms. The van der Waals surface area contributed by atoms with E-state index in [9.17, 15) is 8.42 Å². The van der Waals surface area contributed by atoms with Crippen molar-refractivity contribution in [2.24, 2.45) is 0 Å². The fraction of sp³-hybridized carbons (Fsp3) is 0.500. The summed E-state index contributed by atoms with van der Waals surface area (Å²) in [5.41, 5.74) is 0. The molecule has 1 fully saturated rings. The molecular weight excluding hydrogens is 222 g/mol. The first-order valence-electron chi connectivity index (χ1n) is 5.71. The maximum atomic E-state index is 12.3. The lowest BCUT2D eigenvalue weighted by Gasteiger charge is -2.05. The van der Waals surface area contributed by atoms with Gasteiger partial charge >= 0.3 is 0 Å². The van der Waals surface area contributed by atoms with Crippen molar-refractivity contribution in [2.75, 3.05) is 0 Å². The van der Waals surface area contributed by atoms with E-state index in [1.165, 1.54) is 0 Å². The number of sulfonamides is 1. The van der Waals surface area contributed by atoms with Gasteiger partial charge in [0.25, 0.3) is 0 Å². The highest BCUT2D eigenvalue weighted by atomic mass is 32.2. The first-order valence-corrected chi connectivity index (χ1v) is 7.15.